The van der Waals surface area contributed by atoms with Crippen LogP contribution in [-0.2, 0) is 16.2 Å². The van der Waals surface area contributed by atoms with Gasteiger partial charge in [0.1, 0.15) is 17.3 Å². The van der Waals surface area contributed by atoms with Gasteiger partial charge in [0.25, 0.3) is 0 Å². The summed E-state index contributed by atoms with van der Waals surface area (Å²) < 4.78 is 9.20. The van der Waals surface area contributed by atoms with Crippen molar-refractivity contribution in [3.63, 3.8) is 0 Å². The number of ether oxygens (including phenoxy) is 1. The Morgan fingerprint density at radius 2 is 1.02 bits per heavy atom. The molecule has 0 fully saturated rings. The second kappa shape index (κ2) is 16.3. The fourth-order valence-electron chi connectivity index (χ4n) is 9.30. The van der Waals surface area contributed by atoms with E-state index in [-0.39, 0.29) is 16.2 Å². The van der Waals surface area contributed by atoms with E-state index in [2.05, 4.69) is 257 Å². The van der Waals surface area contributed by atoms with Gasteiger partial charge < -0.3 is 14.5 Å². The molecular formula is C60H56N4O. The molecule has 65 heavy (non-hydrogen) atoms. The molecule has 0 radical (unpaired) electrons. The molecule has 10 rings (SSSR count). The highest BCUT2D eigenvalue weighted by Crippen LogP contribution is 2.41. The van der Waals surface area contributed by atoms with Crippen LogP contribution in [0.5, 0.6) is 11.5 Å². The highest BCUT2D eigenvalue weighted by molar-refractivity contribution is 6.09. The number of rotatable bonds is 10. The van der Waals surface area contributed by atoms with Crippen molar-refractivity contribution in [2.24, 2.45) is 0 Å². The van der Waals surface area contributed by atoms with E-state index in [4.69, 9.17) is 9.72 Å². The largest absolute Gasteiger partial charge is 0.457 e. The highest BCUT2D eigenvalue weighted by Gasteiger charge is 2.28. The minimum atomic E-state index is -0.211. The van der Waals surface area contributed by atoms with E-state index < -0.39 is 0 Å². The minimum absolute atomic E-state index is 0.111. The zero-order valence-corrected chi connectivity index (χ0v) is 38.5. The number of nitrogens with zero attached hydrogens (tertiary/aromatic N) is 4. The lowest BCUT2D eigenvalue weighted by atomic mass is 9.77. The average molecular weight is 849 g/mol. The Labute approximate surface area is 383 Å². The Balaban J connectivity index is 0.994. The van der Waals surface area contributed by atoms with Crippen molar-refractivity contribution in [2.75, 3.05) is 16.5 Å². The zero-order valence-electron chi connectivity index (χ0n) is 38.5. The first-order valence-electron chi connectivity index (χ1n) is 22.7. The molecule has 0 N–H and O–H groups in total. The van der Waals surface area contributed by atoms with Gasteiger partial charge in [0.05, 0.1) is 17.7 Å². The summed E-state index contributed by atoms with van der Waals surface area (Å²) in [5.41, 5.74) is 12.5. The molecule has 0 saturated heterocycles. The van der Waals surface area contributed by atoms with Crippen LogP contribution in [0.25, 0.3) is 38.8 Å². The van der Waals surface area contributed by atoms with Crippen LogP contribution < -0.4 is 14.5 Å². The number of pyridine rings is 1. The predicted molar refractivity (Wildman–Crippen MR) is 272 cm³/mol. The topological polar surface area (TPSA) is 33.5 Å². The van der Waals surface area contributed by atoms with Crippen molar-refractivity contribution in [3.8, 4) is 28.4 Å². The molecule has 0 spiro atoms. The number of hydrogen-bond acceptors (Lipinski definition) is 4. The first kappa shape index (κ1) is 41.6. The summed E-state index contributed by atoms with van der Waals surface area (Å²) in [4.78, 5) is 9.64. The van der Waals surface area contributed by atoms with E-state index in [1.807, 2.05) is 6.20 Å². The van der Waals surface area contributed by atoms with E-state index >= 15 is 0 Å². The van der Waals surface area contributed by atoms with Crippen molar-refractivity contribution in [2.45, 2.75) is 64.7 Å². The van der Waals surface area contributed by atoms with E-state index in [1.165, 1.54) is 44.3 Å². The standard InChI is InChI=1S/C60H56N4O/c1-58(2,3)47-35-50(63-32-31-62(41-63)49-34-43(42-19-11-8-12-20-42)33-48(36-49)60(6,7)45-23-15-10-16-24-45)39-52(37-47)65-51-27-28-54-53-25-17-18-26-55(53)64(56(54)40-51)57-38-46(29-30-61-57)59(4,5)44-21-13-9-14-22-44/h8-40H,41H2,1-7H3. The summed E-state index contributed by atoms with van der Waals surface area (Å²) in [6, 6.07) is 65.3. The minimum Gasteiger partial charge on any atom is -0.457 e. The van der Waals surface area contributed by atoms with Crippen molar-refractivity contribution < 1.29 is 4.74 Å². The normalized spacial score (nSPS) is 13.3. The summed E-state index contributed by atoms with van der Waals surface area (Å²) in [5.74, 6) is 2.44. The van der Waals surface area contributed by atoms with E-state index in [0.29, 0.717) is 6.67 Å². The second-order valence-electron chi connectivity index (χ2n) is 19.5. The molecule has 0 unspecified atom stereocenters. The van der Waals surface area contributed by atoms with Crippen LogP contribution in [0.3, 0.4) is 0 Å². The predicted octanol–water partition coefficient (Wildman–Crippen LogP) is 15.3. The van der Waals surface area contributed by atoms with Crippen LogP contribution in [0.1, 0.15) is 76.3 Å². The van der Waals surface area contributed by atoms with Crippen molar-refractivity contribution >= 4 is 33.2 Å². The molecule has 0 atom stereocenters. The summed E-state index contributed by atoms with van der Waals surface area (Å²) in [6.07, 6.45) is 6.33. The Morgan fingerprint density at radius 1 is 0.431 bits per heavy atom. The van der Waals surface area contributed by atoms with Gasteiger partial charge in [0.15, 0.2) is 0 Å². The van der Waals surface area contributed by atoms with Gasteiger partial charge in [0, 0.05) is 63.7 Å². The molecule has 322 valence electrons. The molecule has 7 aromatic carbocycles. The van der Waals surface area contributed by atoms with E-state index in [0.717, 1.165) is 45.1 Å². The van der Waals surface area contributed by atoms with E-state index in [1.54, 1.807) is 0 Å². The third kappa shape index (κ3) is 7.97. The van der Waals surface area contributed by atoms with Gasteiger partial charge >= 0.3 is 0 Å². The van der Waals surface area contributed by atoms with Crippen molar-refractivity contribution in [1.82, 2.24) is 9.55 Å². The van der Waals surface area contributed by atoms with Gasteiger partial charge in [-0.15, -0.1) is 0 Å². The molecule has 0 aliphatic carbocycles. The zero-order chi connectivity index (χ0) is 44.9. The van der Waals surface area contributed by atoms with Gasteiger partial charge in [-0.05, 0) is 99.0 Å². The first-order chi connectivity index (χ1) is 31.3. The molecule has 9 aromatic rings. The maximum atomic E-state index is 6.92. The SMILES string of the molecule is CC(C)(C)c1cc(Oc2ccc3c4ccccc4n(-c4cc(C(C)(C)c5ccccc5)ccn4)c3c2)cc(N2C=CN(c3cc(-c4ccccc4)cc(C(C)(C)c4ccccc4)c3)C2)c1. The smallest absolute Gasteiger partial charge is 0.137 e. The Kier molecular flexibility index (Phi) is 10.5. The van der Waals surface area contributed by atoms with Gasteiger partial charge in [-0.25, -0.2) is 4.98 Å². The summed E-state index contributed by atoms with van der Waals surface area (Å²) in [6.45, 7) is 16.6. The lowest BCUT2D eigenvalue weighted by Gasteiger charge is -2.29. The van der Waals surface area contributed by atoms with Crippen molar-refractivity contribution in [1.29, 1.82) is 0 Å². The molecule has 0 bridgehead atoms. The van der Waals surface area contributed by atoms with Crippen molar-refractivity contribution in [3.05, 3.63) is 228 Å². The number of fused-ring (bicyclic) bond motifs is 3. The van der Waals surface area contributed by atoms with Gasteiger partial charge in [-0.1, -0.05) is 164 Å². The summed E-state index contributed by atoms with van der Waals surface area (Å²) >= 11 is 0. The number of hydrogen-bond donors (Lipinski definition) is 0. The lowest BCUT2D eigenvalue weighted by molar-refractivity contribution is 0.479. The lowest BCUT2D eigenvalue weighted by Crippen LogP contribution is -2.26. The van der Waals surface area contributed by atoms with Gasteiger partial charge in [-0.2, -0.15) is 0 Å². The summed E-state index contributed by atoms with van der Waals surface area (Å²) in [5, 5.41) is 2.33. The van der Waals surface area contributed by atoms with Crippen LogP contribution in [0.15, 0.2) is 201 Å². The monoisotopic (exact) mass is 848 g/mol. The van der Waals surface area contributed by atoms with Crippen LogP contribution in [-0.4, -0.2) is 16.2 Å². The molecule has 1 aliphatic heterocycles. The highest BCUT2D eigenvalue weighted by atomic mass is 16.5. The van der Waals surface area contributed by atoms with Crippen LogP contribution in [0.4, 0.5) is 11.4 Å². The Hall–Kier alpha value is -7.37. The van der Waals surface area contributed by atoms with Crippen LogP contribution >= 0.6 is 0 Å². The van der Waals surface area contributed by atoms with Crippen LogP contribution in [0, 0.1) is 0 Å². The second-order valence-corrected chi connectivity index (χ2v) is 19.5. The van der Waals surface area contributed by atoms with Gasteiger partial charge in [0.2, 0.25) is 0 Å². The number of para-hydroxylation sites is 1. The fourth-order valence-corrected chi connectivity index (χ4v) is 9.30. The van der Waals surface area contributed by atoms with Crippen LogP contribution in [0.2, 0.25) is 0 Å². The van der Waals surface area contributed by atoms with E-state index in [9.17, 15) is 0 Å². The molecular weight excluding hydrogens is 793 g/mol. The molecule has 5 heteroatoms. The third-order valence-corrected chi connectivity index (χ3v) is 13.5. The molecule has 2 aromatic heterocycles. The molecule has 5 nitrogen and oxygen atoms in total. The Morgan fingerprint density at radius 3 is 1.69 bits per heavy atom. The quantitative estimate of drug-likeness (QED) is 0.137. The van der Waals surface area contributed by atoms with Gasteiger partial charge in [-0.3, -0.25) is 4.57 Å². The first-order valence-corrected chi connectivity index (χ1v) is 22.7. The maximum Gasteiger partial charge on any atom is 0.137 e. The molecule has 3 heterocycles. The number of benzene rings is 7. The maximum absolute atomic E-state index is 6.92. The molecule has 1 aliphatic rings. The Bertz CT molecular complexity index is 3190. The molecule has 0 saturated carbocycles. The summed E-state index contributed by atoms with van der Waals surface area (Å²) in [7, 11) is 0. The molecule has 0 amide bonds. The average Bonchev–Trinajstić information content (AvgIpc) is 3.96. The number of anilines is 2. The fraction of sp³-hybridized carbons (Fsp3) is 0.183. The number of aromatic nitrogens is 2. The third-order valence-electron chi connectivity index (χ3n) is 13.5.